The van der Waals surface area contributed by atoms with Crippen LogP contribution in [-0.4, -0.2) is 38.4 Å². The van der Waals surface area contributed by atoms with E-state index in [0.29, 0.717) is 19.6 Å². The monoisotopic (exact) mass is 405 g/mol. The van der Waals surface area contributed by atoms with Crippen LogP contribution in [0.2, 0.25) is 0 Å². The number of amides is 1. The van der Waals surface area contributed by atoms with Gasteiger partial charge in [-0.05, 0) is 18.4 Å². The molecule has 1 unspecified atom stereocenters. The summed E-state index contributed by atoms with van der Waals surface area (Å²) in [6.07, 6.45) is 0.310. The van der Waals surface area contributed by atoms with Gasteiger partial charge in [0.15, 0.2) is 0 Å². The maximum absolute atomic E-state index is 12.2. The van der Waals surface area contributed by atoms with E-state index in [9.17, 15) is 9.59 Å². The van der Waals surface area contributed by atoms with E-state index >= 15 is 0 Å². The Morgan fingerprint density at radius 3 is 2.60 bits per heavy atom. The minimum absolute atomic E-state index is 0.0340. The molecule has 2 bridgehead atoms. The van der Waals surface area contributed by atoms with Crippen molar-refractivity contribution in [3.05, 3.63) is 34.2 Å². The largest absolute Gasteiger partial charge is 0.336 e. The van der Waals surface area contributed by atoms with Gasteiger partial charge in [0, 0.05) is 43.2 Å². The maximum Gasteiger partial charge on any atom is 0.250 e. The Morgan fingerprint density at radius 2 is 1.96 bits per heavy atom. The van der Waals surface area contributed by atoms with E-state index in [1.165, 1.54) is 0 Å². The van der Waals surface area contributed by atoms with Crippen molar-refractivity contribution < 1.29 is 4.79 Å². The summed E-state index contributed by atoms with van der Waals surface area (Å²) >= 11 is 18.5. The number of hydrogen-bond donors (Lipinski definition) is 1. The second kappa shape index (κ2) is 7.10. The zero-order chi connectivity index (χ0) is 18.4. The standard InChI is InChI=1S/C17H22Cl3N3O2/c1-10(2)15(25)21-16(17(18,19)20)22-7-11-6-12(9-22)13-4-3-5-14(24)23(13)8-11/h3-5,10-12,16H,6-9H2,1-2H3,(H,21,25)/t11-,12+,16?/m1/s1. The second-order valence-corrected chi connectivity index (χ2v) is 9.63. The third-order valence-electron chi connectivity index (χ3n) is 4.99. The van der Waals surface area contributed by atoms with Gasteiger partial charge in [-0.2, -0.15) is 0 Å². The number of aromatic nitrogens is 1. The number of piperidine rings is 1. The number of nitrogens with zero attached hydrogens (tertiary/aromatic N) is 2. The highest BCUT2D eigenvalue weighted by Gasteiger charge is 2.44. The van der Waals surface area contributed by atoms with E-state index in [1.807, 2.05) is 15.5 Å². The van der Waals surface area contributed by atoms with Crippen LogP contribution in [0.5, 0.6) is 0 Å². The third-order valence-corrected chi connectivity index (χ3v) is 5.61. The van der Waals surface area contributed by atoms with Crippen molar-refractivity contribution in [2.24, 2.45) is 11.8 Å². The molecule has 5 nitrogen and oxygen atoms in total. The van der Waals surface area contributed by atoms with Crippen molar-refractivity contribution in [2.75, 3.05) is 13.1 Å². The normalized spacial score (nSPS) is 24.7. The molecule has 138 valence electrons. The molecule has 25 heavy (non-hydrogen) atoms. The quantitative estimate of drug-likeness (QED) is 0.785. The summed E-state index contributed by atoms with van der Waals surface area (Å²) in [5.74, 6) is 0.131. The average Bonchev–Trinajstić information content (AvgIpc) is 2.52. The summed E-state index contributed by atoms with van der Waals surface area (Å²) in [5, 5.41) is 2.87. The van der Waals surface area contributed by atoms with Gasteiger partial charge in [-0.15, -0.1) is 0 Å². The second-order valence-electron chi connectivity index (χ2n) is 7.26. The van der Waals surface area contributed by atoms with Crippen molar-refractivity contribution in [3.63, 3.8) is 0 Å². The number of carbonyl (C=O) groups is 1. The van der Waals surface area contributed by atoms with Crippen molar-refractivity contribution in [1.29, 1.82) is 0 Å². The molecule has 0 spiro atoms. The summed E-state index contributed by atoms with van der Waals surface area (Å²) in [5.41, 5.74) is 1.05. The van der Waals surface area contributed by atoms with E-state index in [-0.39, 0.29) is 29.2 Å². The molecule has 3 atom stereocenters. The van der Waals surface area contributed by atoms with Crippen LogP contribution in [0, 0.1) is 11.8 Å². The summed E-state index contributed by atoms with van der Waals surface area (Å²) in [6.45, 7) is 5.58. The molecule has 1 amide bonds. The van der Waals surface area contributed by atoms with Crippen molar-refractivity contribution >= 4 is 40.7 Å². The average molecular weight is 407 g/mol. The van der Waals surface area contributed by atoms with Gasteiger partial charge in [0.05, 0.1) is 0 Å². The van der Waals surface area contributed by atoms with Gasteiger partial charge in [0.2, 0.25) is 9.70 Å². The zero-order valence-corrected chi connectivity index (χ0v) is 16.5. The number of nitrogens with one attached hydrogen (secondary N) is 1. The van der Waals surface area contributed by atoms with Crippen LogP contribution in [0.25, 0.3) is 0 Å². The number of halogens is 3. The van der Waals surface area contributed by atoms with Crippen LogP contribution in [-0.2, 0) is 11.3 Å². The fraction of sp³-hybridized carbons (Fsp3) is 0.647. The highest BCUT2D eigenvalue weighted by molar-refractivity contribution is 6.68. The lowest BCUT2D eigenvalue weighted by Gasteiger charge is -2.47. The number of pyridine rings is 1. The topological polar surface area (TPSA) is 54.3 Å². The summed E-state index contributed by atoms with van der Waals surface area (Å²) < 4.78 is 0.222. The Hall–Kier alpha value is -0.750. The number of hydrogen-bond acceptors (Lipinski definition) is 3. The first-order valence-corrected chi connectivity index (χ1v) is 9.61. The molecular formula is C17H22Cl3N3O2. The summed E-state index contributed by atoms with van der Waals surface area (Å²) in [4.78, 5) is 26.3. The van der Waals surface area contributed by atoms with Crippen LogP contribution in [0.3, 0.4) is 0 Å². The molecule has 0 saturated carbocycles. The third kappa shape index (κ3) is 4.00. The predicted octanol–water partition coefficient (Wildman–Crippen LogP) is 2.74. The Labute approximate surface area is 162 Å². The van der Waals surface area contributed by atoms with Gasteiger partial charge < -0.3 is 9.88 Å². The number of fused-ring (bicyclic) bond motifs is 4. The molecule has 0 aliphatic carbocycles. The fourth-order valence-electron chi connectivity index (χ4n) is 3.83. The molecule has 1 saturated heterocycles. The number of carbonyl (C=O) groups excluding carboxylic acids is 1. The van der Waals surface area contributed by atoms with Crippen molar-refractivity contribution in [2.45, 2.75) is 42.7 Å². The molecule has 1 N–H and O–H groups in total. The summed E-state index contributed by atoms with van der Waals surface area (Å²) in [6, 6.07) is 5.37. The SMILES string of the molecule is CC(C)C(=O)NC(N1C[C@H]2C[C@@H](C1)c1cccc(=O)n1C2)C(Cl)(Cl)Cl. The van der Waals surface area contributed by atoms with Gasteiger partial charge in [0.1, 0.15) is 6.17 Å². The lowest BCUT2D eigenvalue weighted by molar-refractivity contribution is -0.126. The van der Waals surface area contributed by atoms with E-state index in [4.69, 9.17) is 34.8 Å². The highest BCUT2D eigenvalue weighted by atomic mass is 35.6. The van der Waals surface area contributed by atoms with Crippen LogP contribution < -0.4 is 10.9 Å². The molecular weight excluding hydrogens is 385 g/mol. The van der Waals surface area contributed by atoms with Gasteiger partial charge in [-0.25, -0.2) is 0 Å². The number of alkyl halides is 3. The Balaban J connectivity index is 1.86. The van der Waals surface area contributed by atoms with E-state index < -0.39 is 9.96 Å². The molecule has 2 aliphatic heterocycles. The molecule has 3 rings (SSSR count). The van der Waals surface area contributed by atoms with Crippen LogP contribution >= 0.6 is 34.8 Å². The summed E-state index contributed by atoms with van der Waals surface area (Å²) in [7, 11) is 0. The zero-order valence-electron chi connectivity index (χ0n) is 14.2. The highest BCUT2D eigenvalue weighted by Crippen LogP contribution is 2.39. The predicted molar refractivity (Wildman–Crippen MR) is 100 cm³/mol. The molecule has 0 aromatic carbocycles. The maximum atomic E-state index is 12.2. The minimum atomic E-state index is -1.63. The van der Waals surface area contributed by atoms with Gasteiger partial charge in [-0.1, -0.05) is 54.7 Å². The molecule has 1 aromatic rings. The molecule has 2 aliphatic rings. The Bertz CT molecular complexity index is 714. The molecule has 1 fully saturated rings. The lowest BCUT2D eigenvalue weighted by atomic mass is 9.83. The lowest BCUT2D eigenvalue weighted by Crippen LogP contribution is -2.60. The van der Waals surface area contributed by atoms with Crippen molar-refractivity contribution in [1.82, 2.24) is 14.8 Å². The van der Waals surface area contributed by atoms with Gasteiger partial charge in [-0.3, -0.25) is 14.5 Å². The fourth-order valence-corrected chi connectivity index (χ4v) is 4.40. The van der Waals surface area contributed by atoms with Crippen LogP contribution in [0.4, 0.5) is 0 Å². The minimum Gasteiger partial charge on any atom is -0.336 e. The number of likely N-dealkylation sites (tertiary alicyclic amines) is 1. The van der Waals surface area contributed by atoms with Crippen molar-refractivity contribution in [3.8, 4) is 0 Å². The van der Waals surface area contributed by atoms with Gasteiger partial charge >= 0.3 is 0 Å². The van der Waals surface area contributed by atoms with E-state index in [2.05, 4.69) is 5.32 Å². The first-order chi connectivity index (χ1) is 11.7. The molecule has 1 aromatic heterocycles. The van der Waals surface area contributed by atoms with E-state index in [1.54, 1.807) is 26.0 Å². The number of rotatable bonds is 3. The molecule has 0 radical (unpaired) electrons. The van der Waals surface area contributed by atoms with E-state index in [0.717, 1.165) is 12.1 Å². The first kappa shape index (κ1) is 19.0. The Morgan fingerprint density at radius 1 is 1.24 bits per heavy atom. The first-order valence-electron chi connectivity index (χ1n) is 8.47. The van der Waals surface area contributed by atoms with Gasteiger partial charge in [0.25, 0.3) is 5.56 Å². The Kier molecular flexibility index (Phi) is 5.41. The van der Waals surface area contributed by atoms with Crippen LogP contribution in [0.1, 0.15) is 31.9 Å². The molecule has 3 heterocycles. The smallest absolute Gasteiger partial charge is 0.250 e. The molecule has 8 heteroatoms. The van der Waals surface area contributed by atoms with Crippen LogP contribution in [0.15, 0.2) is 23.0 Å².